The van der Waals surface area contributed by atoms with Gasteiger partial charge in [-0.1, -0.05) is 0 Å². The zero-order valence-electron chi connectivity index (χ0n) is 12.7. The molecule has 0 radical (unpaired) electrons. The summed E-state index contributed by atoms with van der Waals surface area (Å²) >= 11 is 0. The average Bonchev–Trinajstić information content (AvgIpc) is 2.49. The lowest BCUT2D eigenvalue weighted by Crippen LogP contribution is -2.28. The monoisotopic (exact) mass is 279 g/mol. The van der Waals surface area contributed by atoms with Gasteiger partial charge in [-0.25, -0.2) is 0 Å². The number of ether oxygens (including phenoxy) is 3. The standard InChI is InChI=1S/C16H25NO3/c1-18-11-14-9-13(8-12-4-6-17-7-5-12)15(19-2)10-16(14)20-3/h9-10,12,17H,4-8,11H2,1-3H3. The van der Waals surface area contributed by atoms with E-state index in [4.69, 9.17) is 14.2 Å². The molecule has 1 saturated heterocycles. The van der Waals surface area contributed by atoms with Crippen molar-refractivity contribution in [2.24, 2.45) is 5.92 Å². The van der Waals surface area contributed by atoms with Crippen LogP contribution in [0.15, 0.2) is 12.1 Å². The summed E-state index contributed by atoms with van der Waals surface area (Å²) in [6.07, 6.45) is 3.52. The number of rotatable bonds is 6. The molecular weight excluding hydrogens is 254 g/mol. The molecule has 0 bridgehead atoms. The second kappa shape index (κ2) is 7.50. The van der Waals surface area contributed by atoms with Gasteiger partial charge in [0.15, 0.2) is 0 Å². The van der Waals surface area contributed by atoms with E-state index in [1.54, 1.807) is 21.3 Å². The van der Waals surface area contributed by atoms with Crippen LogP contribution in [0.2, 0.25) is 0 Å². The van der Waals surface area contributed by atoms with Gasteiger partial charge in [0.05, 0.1) is 20.8 Å². The first-order valence-electron chi connectivity index (χ1n) is 7.22. The first kappa shape index (κ1) is 15.1. The molecule has 1 heterocycles. The van der Waals surface area contributed by atoms with Crippen LogP contribution in [-0.2, 0) is 17.8 Å². The summed E-state index contributed by atoms with van der Waals surface area (Å²) in [5.41, 5.74) is 2.34. The molecule has 0 aromatic heterocycles. The highest BCUT2D eigenvalue weighted by Crippen LogP contribution is 2.32. The Bertz CT molecular complexity index is 428. The fourth-order valence-electron chi connectivity index (χ4n) is 2.86. The normalized spacial score (nSPS) is 16.1. The molecule has 0 unspecified atom stereocenters. The lowest BCUT2D eigenvalue weighted by Gasteiger charge is -2.24. The van der Waals surface area contributed by atoms with Gasteiger partial charge < -0.3 is 19.5 Å². The minimum Gasteiger partial charge on any atom is -0.496 e. The number of methoxy groups -OCH3 is 3. The minimum absolute atomic E-state index is 0.562. The van der Waals surface area contributed by atoms with Gasteiger partial charge in [0, 0.05) is 18.7 Å². The highest BCUT2D eigenvalue weighted by Gasteiger charge is 2.18. The van der Waals surface area contributed by atoms with Gasteiger partial charge in [-0.3, -0.25) is 0 Å². The second-order valence-corrected chi connectivity index (χ2v) is 5.31. The summed E-state index contributed by atoms with van der Waals surface area (Å²) in [6.45, 7) is 2.80. The van der Waals surface area contributed by atoms with E-state index in [0.717, 1.165) is 42.5 Å². The fraction of sp³-hybridized carbons (Fsp3) is 0.625. The summed E-state index contributed by atoms with van der Waals surface area (Å²) in [5.74, 6) is 2.48. The third-order valence-corrected chi connectivity index (χ3v) is 3.95. The van der Waals surface area contributed by atoms with Gasteiger partial charge in [0.25, 0.3) is 0 Å². The summed E-state index contributed by atoms with van der Waals surface area (Å²) in [7, 11) is 5.10. The fourth-order valence-corrected chi connectivity index (χ4v) is 2.86. The Balaban J connectivity index is 2.22. The maximum absolute atomic E-state index is 5.53. The quantitative estimate of drug-likeness (QED) is 0.868. The zero-order valence-corrected chi connectivity index (χ0v) is 12.7. The molecule has 0 aliphatic carbocycles. The van der Waals surface area contributed by atoms with Gasteiger partial charge in [0.1, 0.15) is 11.5 Å². The van der Waals surface area contributed by atoms with Gasteiger partial charge in [-0.2, -0.15) is 0 Å². The Kier molecular flexibility index (Phi) is 5.68. The van der Waals surface area contributed by atoms with Crippen molar-refractivity contribution in [2.75, 3.05) is 34.4 Å². The maximum Gasteiger partial charge on any atom is 0.128 e. The van der Waals surface area contributed by atoms with E-state index >= 15 is 0 Å². The van der Waals surface area contributed by atoms with Crippen molar-refractivity contribution in [1.29, 1.82) is 0 Å². The van der Waals surface area contributed by atoms with Crippen molar-refractivity contribution in [3.05, 3.63) is 23.3 Å². The molecule has 20 heavy (non-hydrogen) atoms. The number of benzene rings is 1. The van der Waals surface area contributed by atoms with E-state index in [-0.39, 0.29) is 0 Å². The Labute approximate surface area is 121 Å². The number of piperidine rings is 1. The van der Waals surface area contributed by atoms with Crippen LogP contribution in [0.4, 0.5) is 0 Å². The maximum atomic E-state index is 5.53. The van der Waals surface area contributed by atoms with Crippen LogP contribution in [0.5, 0.6) is 11.5 Å². The van der Waals surface area contributed by atoms with Crippen LogP contribution < -0.4 is 14.8 Å². The van der Waals surface area contributed by atoms with E-state index in [1.165, 1.54) is 18.4 Å². The SMILES string of the molecule is COCc1cc(CC2CCNCC2)c(OC)cc1OC. The molecule has 4 heteroatoms. The van der Waals surface area contributed by atoms with Crippen molar-refractivity contribution in [3.8, 4) is 11.5 Å². The van der Waals surface area contributed by atoms with E-state index < -0.39 is 0 Å². The number of hydrogen-bond donors (Lipinski definition) is 1. The molecule has 1 aliphatic rings. The third-order valence-electron chi connectivity index (χ3n) is 3.95. The molecule has 0 spiro atoms. The molecule has 112 valence electrons. The molecular formula is C16H25NO3. The predicted molar refractivity (Wildman–Crippen MR) is 79.6 cm³/mol. The van der Waals surface area contributed by atoms with Gasteiger partial charge in [-0.05, 0) is 49.9 Å². The van der Waals surface area contributed by atoms with E-state index in [2.05, 4.69) is 11.4 Å². The molecule has 0 saturated carbocycles. The molecule has 1 N–H and O–H groups in total. The first-order chi connectivity index (χ1) is 9.78. The molecule has 0 atom stereocenters. The topological polar surface area (TPSA) is 39.7 Å². The minimum atomic E-state index is 0.562. The predicted octanol–water partition coefficient (Wildman–Crippen LogP) is 2.39. The second-order valence-electron chi connectivity index (χ2n) is 5.31. The molecule has 1 fully saturated rings. The summed E-state index contributed by atoms with van der Waals surface area (Å²) < 4.78 is 16.2. The smallest absolute Gasteiger partial charge is 0.128 e. The highest BCUT2D eigenvalue weighted by atomic mass is 16.5. The van der Waals surface area contributed by atoms with E-state index in [1.807, 2.05) is 6.07 Å². The van der Waals surface area contributed by atoms with Crippen molar-refractivity contribution in [3.63, 3.8) is 0 Å². The van der Waals surface area contributed by atoms with E-state index in [9.17, 15) is 0 Å². The largest absolute Gasteiger partial charge is 0.496 e. The van der Waals surface area contributed by atoms with Crippen molar-refractivity contribution in [2.45, 2.75) is 25.9 Å². The van der Waals surface area contributed by atoms with Crippen LogP contribution in [0, 0.1) is 5.92 Å². The third kappa shape index (κ3) is 3.64. The van der Waals surface area contributed by atoms with Gasteiger partial charge in [-0.15, -0.1) is 0 Å². The Morgan fingerprint density at radius 1 is 1.00 bits per heavy atom. The van der Waals surface area contributed by atoms with Crippen LogP contribution >= 0.6 is 0 Å². The lowest BCUT2D eigenvalue weighted by atomic mass is 9.90. The summed E-state index contributed by atoms with van der Waals surface area (Å²) in [4.78, 5) is 0. The highest BCUT2D eigenvalue weighted by molar-refractivity contribution is 5.46. The molecule has 2 rings (SSSR count). The Morgan fingerprint density at radius 2 is 1.65 bits per heavy atom. The summed E-state index contributed by atoms with van der Waals surface area (Å²) in [6, 6.07) is 4.15. The first-order valence-corrected chi connectivity index (χ1v) is 7.22. The molecule has 1 aromatic rings. The zero-order chi connectivity index (χ0) is 14.4. The Morgan fingerprint density at radius 3 is 2.25 bits per heavy atom. The van der Waals surface area contributed by atoms with Crippen molar-refractivity contribution < 1.29 is 14.2 Å². The number of hydrogen-bond acceptors (Lipinski definition) is 4. The van der Waals surface area contributed by atoms with Gasteiger partial charge >= 0.3 is 0 Å². The Hall–Kier alpha value is -1.26. The average molecular weight is 279 g/mol. The van der Waals surface area contributed by atoms with Crippen LogP contribution in [0.25, 0.3) is 0 Å². The molecule has 1 aromatic carbocycles. The van der Waals surface area contributed by atoms with Crippen LogP contribution in [-0.4, -0.2) is 34.4 Å². The van der Waals surface area contributed by atoms with Gasteiger partial charge in [0.2, 0.25) is 0 Å². The van der Waals surface area contributed by atoms with Crippen LogP contribution in [0.1, 0.15) is 24.0 Å². The molecule has 0 amide bonds. The molecule has 1 aliphatic heterocycles. The van der Waals surface area contributed by atoms with Crippen molar-refractivity contribution in [1.82, 2.24) is 5.32 Å². The number of nitrogens with one attached hydrogen (secondary N) is 1. The summed E-state index contributed by atoms with van der Waals surface area (Å²) in [5, 5.41) is 3.41. The molecule has 4 nitrogen and oxygen atoms in total. The van der Waals surface area contributed by atoms with E-state index in [0.29, 0.717) is 6.61 Å². The lowest BCUT2D eigenvalue weighted by molar-refractivity contribution is 0.181. The van der Waals surface area contributed by atoms with Crippen molar-refractivity contribution >= 4 is 0 Å². The van der Waals surface area contributed by atoms with Crippen LogP contribution in [0.3, 0.4) is 0 Å².